The van der Waals surface area contributed by atoms with E-state index in [4.69, 9.17) is 9.47 Å². The number of rotatable bonds is 6. The lowest BCUT2D eigenvalue weighted by molar-refractivity contribution is -0.132. The maximum absolute atomic E-state index is 15.1. The highest BCUT2D eigenvalue weighted by Gasteiger charge is 2.49. The van der Waals surface area contributed by atoms with Gasteiger partial charge in [-0.05, 0) is 55.5 Å². The molecule has 7 nitrogen and oxygen atoms in total. The minimum Gasteiger partial charge on any atom is -0.507 e. The predicted octanol–water partition coefficient (Wildman–Crippen LogP) is 5.47. The van der Waals surface area contributed by atoms with Gasteiger partial charge < -0.3 is 14.6 Å². The molecule has 3 aromatic carbocycles. The maximum atomic E-state index is 15.1. The van der Waals surface area contributed by atoms with Gasteiger partial charge in [0.15, 0.2) is 5.13 Å². The molecule has 1 aliphatic rings. The Hall–Kier alpha value is -4.24. The van der Waals surface area contributed by atoms with Crippen LogP contribution in [0, 0.1) is 5.82 Å². The van der Waals surface area contributed by atoms with Crippen LogP contribution in [0.5, 0.6) is 11.5 Å². The fraction of sp³-hybridized carbons (Fsp3) is 0.148. The van der Waals surface area contributed by atoms with E-state index >= 15 is 4.39 Å². The summed E-state index contributed by atoms with van der Waals surface area (Å²) in [6.45, 7) is 2.32. The number of nitrogens with zero attached hydrogens (tertiary/aromatic N) is 2. The normalized spacial score (nSPS) is 17.1. The van der Waals surface area contributed by atoms with Gasteiger partial charge in [0, 0.05) is 11.1 Å². The van der Waals surface area contributed by atoms with Crippen molar-refractivity contribution in [1.82, 2.24) is 4.98 Å². The number of amides is 1. The molecule has 1 N–H and O–H groups in total. The van der Waals surface area contributed by atoms with Gasteiger partial charge in [0.05, 0.1) is 29.5 Å². The SMILES string of the molecule is CCOc1ccc(C(O)=C2C(=O)C(=O)N(c3nc4ccc(OC)cc4s3)C2c2ccccc2F)cc1. The number of Topliss-reactive ketones (excluding diaryl/α,β-unsaturated/α-hetero) is 1. The monoisotopic (exact) mass is 504 g/mol. The molecule has 1 atom stereocenters. The Bertz CT molecular complexity index is 1510. The van der Waals surface area contributed by atoms with Crippen molar-refractivity contribution in [3.05, 3.63) is 89.2 Å². The zero-order chi connectivity index (χ0) is 25.4. The van der Waals surface area contributed by atoms with Crippen LogP contribution < -0.4 is 14.4 Å². The number of halogens is 1. The molecule has 1 fully saturated rings. The molecule has 0 spiro atoms. The van der Waals surface area contributed by atoms with E-state index in [1.807, 2.05) is 6.92 Å². The molecular formula is C27H21FN2O5S. The molecule has 1 aromatic heterocycles. The minimum atomic E-state index is -1.21. The van der Waals surface area contributed by atoms with Gasteiger partial charge in [0.25, 0.3) is 5.78 Å². The van der Waals surface area contributed by atoms with E-state index < -0.39 is 29.3 Å². The van der Waals surface area contributed by atoms with Crippen molar-refractivity contribution in [1.29, 1.82) is 0 Å². The summed E-state index contributed by atoms with van der Waals surface area (Å²) in [6.07, 6.45) is 0. The molecule has 0 saturated carbocycles. The molecule has 1 unspecified atom stereocenters. The summed E-state index contributed by atoms with van der Waals surface area (Å²) in [5, 5.41) is 11.4. The zero-order valence-electron chi connectivity index (χ0n) is 19.4. The van der Waals surface area contributed by atoms with Crippen LogP contribution in [0.2, 0.25) is 0 Å². The van der Waals surface area contributed by atoms with Crippen LogP contribution in [-0.4, -0.2) is 35.5 Å². The van der Waals surface area contributed by atoms with E-state index in [9.17, 15) is 14.7 Å². The molecule has 5 rings (SSSR count). The van der Waals surface area contributed by atoms with Crippen molar-refractivity contribution in [3.63, 3.8) is 0 Å². The second kappa shape index (κ2) is 9.43. The summed E-state index contributed by atoms with van der Waals surface area (Å²) in [5.41, 5.74) is 0.746. The number of aromatic nitrogens is 1. The van der Waals surface area contributed by atoms with Gasteiger partial charge in [0.2, 0.25) is 0 Å². The van der Waals surface area contributed by atoms with Crippen molar-refractivity contribution in [2.75, 3.05) is 18.6 Å². The van der Waals surface area contributed by atoms with E-state index in [-0.39, 0.29) is 16.3 Å². The lowest BCUT2D eigenvalue weighted by atomic mass is 9.95. The maximum Gasteiger partial charge on any atom is 0.301 e. The van der Waals surface area contributed by atoms with E-state index in [1.54, 1.807) is 55.6 Å². The third kappa shape index (κ3) is 3.97. The number of thiazole rings is 1. The van der Waals surface area contributed by atoms with Crippen LogP contribution in [0.4, 0.5) is 9.52 Å². The van der Waals surface area contributed by atoms with Crippen LogP contribution in [0.1, 0.15) is 24.1 Å². The topological polar surface area (TPSA) is 89.0 Å². The number of methoxy groups -OCH3 is 1. The Kier molecular flexibility index (Phi) is 6.15. The molecule has 36 heavy (non-hydrogen) atoms. The summed E-state index contributed by atoms with van der Waals surface area (Å²) in [7, 11) is 1.54. The highest BCUT2D eigenvalue weighted by atomic mass is 32.1. The smallest absolute Gasteiger partial charge is 0.301 e. The van der Waals surface area contributed by atoms with Gasteiger partial charge in [-0.25, -0.2) is 9.37 Å². The van der Waals surface area contributed by atoms with E-state index in [1.165, 1.54) is 29.5 Å². The number of ketones is 1. The Labute approximate surface area is 210 Å². The average molecular weight is 505 g/mol. The Morgan fingerprint density at radius 2 is 1.81 bits per heavy atom. The second-order valence-electron chi connectivity index (χ2n) is 7.98. The predicted molar refractivity (Wildman–Crippen MR) is 135 cm³/mol. The highest BCUT2D eigenvalue weighted by Crippen LogP contribution is 2.45. The van der Waals surface area contributed by atoms with Crippen LogP contribution in [0.15, 0.2) is 72.3 Å². The van der Waals surface area contributed by atoms with Crippen LogP contribution in [-0.2, 0) is 9.59 Å². The number of hydrogen-bond acceptors (Lipinski definition) is 7. The first kappa shape index (κ1) is 23.5. The summed E-state index contributed by atoms with van der Waals surface area (Å²) >= 11 is 1.17. The van der Waals surface area contributed by atoms with Crippen molar-refractivity contribution < 1.29 is 28.6 Å². The van der Waals surface area contributed by atoms with E-state index in [0.29, 0.717) is 29.2 Å². The molecule has 1 aliphatic heterocycles. The van der Waals surface area contributed by atoms with Crippen LogP contribution >= 0.6 is 11.3 Å². The Morgan fingerprint density at radius 1 is 1.08 bits per heavy atom. The molecule has 0 bridgehead atoms. The first-order valence-corrected chi connectivity index (χ1v) is 12.0. The molecule has 4 aromatic rings. The number of hydrogen-bond donors (Lipinski definition) is 1. The third-order valence-corrected chi connectivity index (χ3v) is 6.89. The number of carbonyl (C=O) groups excluding carboxylic acids is 2. The fourth-order valence-corrected chi connectivity index (χ4v) is 5.20. The van der Waals surface area contributed by atoms with Crippen LogP contribution in [0.3, 0.4) is 0 Å². The summed E-state index contributed by atoms with van der Waals surface area (Å²) in [6, 6.07) is 16.3. The number of benzene rings is 3. The molecule has 1 amide bonds. The van der Waals surface area contributed by atoms with Crippen molar-refractivity contribution in [3.8, 4) is 11.5 Å². The molecule has 0 radical (unpaired) electrons. The standard InChI is InChI=1S/C27H21FN2O5S/c1-3-35-16-10-8-15(9-11-16)24(31)22-23(18-6-4-5-7-19(18)28)30(26(33)25(22)32)27-29-20-13-12-17(34-2)14-21(20)36-27/h4-14,23,31H,3H2,1-2H3. The third-order valence-electron chi connectivity index (χ3n) is 5.87. The lowest BCUT2D eigenvalue weighted by Gasteiger charge is -2.23. The van der Waals surface area contributed by atoms with Crippen molar-refractivity contribution in [2.24, 2.45) is 0 Å². The molecular weight excluding hydrogens is 483 g/mol. The van der Waals surface area contributed by atoms with Gasteiger partial charge in [0.1, 0.15) is 29.1 Å². The molecule has 2 heterocycles. The number of ether oxygens (including phenoxy) is 2. The lowest BCUT2D eigenvalue weighted by Crippen LogP contribution is -2.29. The van der Waals surface area contributed by atoms with Gasteiger partial charge in [-0.3, -0.25) is 14.5 Å². The minimum absolute atomic E-state index is 0.0704. The summed E-state index contributed by atoms with van der Waals surface area (Å²) in [5.74, 6) is -1.65. The quantitative estimate of drug-likeness (QED) is 0.213. The summed E-state index contributed by atoms with van der Waals surface area (Å²) < 4.78 is 26.5. The number of fused-ring (bicyclic) bond motifs is 1. The summed E-state index contributed by atoms with van der Waals surface area (Å²) in [4.78, 5) is 32.3. The van der Waals surface area contributed by atoms with E-state index in [0.717, 1.165) is 9.60 Å². The Balaban J connectivity index is 1.69. The van der Waals surface area contributed by atoms with Gasteiger partial charge in [-0.15, -0.1) is 0 Å². The first-order chi connectivity index (χ1) is 17.4. The fourth-order valence-electron chi connectivity index (χ4n) is 4.17. The van der Waals surface area contributed by atoms with Gasteiger partial charge in [-0.1, -0.05) is 29.5 Å². The largest absolute Gasteiger partial charge is 0.507 e. The zero-order valence-corrected chi connectivity index (χ0v) is 20.2. The molecule has 0 aliphatic carbocycles. The molecule has 9 heteroatoms. The second-order valence-corrected chi connectivity index (χ2v) is 8.99. The number of aliphatic hydroxyl groups is 1. The first-order valence-electron chi connectivity index (χ1n) is 11.2. The van der Waals surface area contributed by atoms with Crippen molar-refractivity contribution >= 4 is 44.1 Å². The van der Waals surface area contributed by atoms with Crippen LogP contribution in [0.25, 0.3) is 16.0 Å². The average Bonchev–Trinajstić information content (AvgIpc) is 3.42. The van der Waals surface area contributed by atoms with Gasteiger partial charge >= 0.3 is 5.91 Å². The Morgan fingerprint density at radius 3 is 2.50 bits per heavy atom. The molecule has 182 valence electrons. The van der Waals surface area contributed by atoms with E-state index in [2.05, 4.69) is 4.98 Å². The number of carbonyl (C=O) groups is 2. The van der Waals surface area contributed by atoms with Gasteiger partial charge in [-0.2, -0.15) is 0 Å². The number of anilines is 1. The molecule has 1 saturated heterocycles. The van der Waals surface area contributed by atoms with Crippen molar-refractivity contribution in [2.45, 2.75) is 13.0 Å². The number of aliphatic hydroxyl groups excluding tert-OH is 1. The highest BCUT2D eigenvalue weighted by molar-refractivity contribution is 7.22.